The van der Waals surface area contributed by atoms with Gasteiger partial charge in [0.25, 0.3) is 5.91 Å². The molecule has 0 atom stereocenters. The first kappa shape index (κ1) is 24.4. The Labute approximate surface area is 191 Å². The van der Waals surface area contributed by atoms with E-state index in [0.29, 0.717) is 25.9 Å². The Balaban J connectivity index is 1.86. The normalized spacial score (nSPS) is 15.7. The van der Waals surface area contributed by atoms with Crippen LogP contribution in [0.1, 0.15) is 49.5 Å². The zero-order valence-corrected chi connectivity index (χ0v) is 19.5. The molecule has 3 heterocycles. The molecular formula is C20H23ClF3N3O4S. The Morgan fingerprint density at radius 2 is 1.88 bits per heavy atom. The Morgan fingerprint density at radius 1 is 1.25 bits per heavy atom. The number of alkyl halides is 3. The van der Waals surface area contributed by atoms with Crippen molar-refractivity contribution in [1.82, 2.24) is 15.2 Å². The number of hydrogen-bond donors (Lipinski definition) is 1. The van der Waals surface area contributed by atoms with Crippen LogP contribution < -0.4 is 10.1 Å². The van der Waals surface area contributed by atoms with Crippen molar-refractivity contribution >= 4 is 45.2 Å². The van der Waals surface area contributed by atoms with Gasteiger partial charge < -0.3 is 19.7 Å². The van der Waals surface area contributed by atoms with Crippen LogP contribution in [0.15, 0.2) is 5.38 Å². The molecule has 7 nitrogen and oxygen atoms in total. The zero-order valence-electron chi connectivity index (χ0n) is 17.9. The van der Waals surface area contributed by atoms with Crippen LogP contribution in [0.3, 0.4) is 0 Å². The van der Waals surface area contributed by atoms with E-state index in [1.807, 2.05) is 0 Å². The summed E-state index contributed by atoms with van der Waals surface area (Å²) < 4.78 is 52.2. The van der Waals surface area contributed by atoms with Gasteiger partial charge in [0.1, 0.15) is 16.7 Å². The number of amides is 2. The fraction of sp³-hybridized carbons (Fsp3) is 0.550. The lowest BCUT2D eigenvalue weighted by molar-refractivity contribution is -0.136. The number of fused-ring (bicyclic) bond motifs is 1. The van der Waals surface area contributed by atoms with Gasteiger partial charge in [-0.15, -0.1) is 11.3 Å². The smallest absolute Gasteiger partial charge is 0.419 e. The van der Waals surface area contributed by atoms with Crippen molar-refractivity contribution in [2.75, 3.05) is 20.1 Å². The number of hydrogen-bond acceptors (Lipinski definition) is 6. The summed E-state index contributed by atoms with van der Waals surface area (Å²) in [6, 6.07) is 0. The van der Waals surface area contributed by atoms with Crippen molar-refractivity contribution in [3.05, 3.63) is 21.5 Å². The van der Waals surface area contributed by atoms with Gasteiger partial charge in [-0.1, -0.05) is 11.6 Å². The Morgan fingerprint density at radius 3 is 2.41 bits per heavy atom. The molecule has 0 radical (unpaired) electrons. The molecule has 3 rings (SSSR count). The summed E-state index contributed by atoms with van der Waals surface area (Å²) in [5.74, 6) is -0.943. The summed E-state index contributed by atoms with van der Waals surface area (Å²) in [6.45, 7) is 5.92. The van der Waals surface area contributed by atoms with E-state index < -0.39 is 40.5 Å². The number of likely N-dealkylation sites (tertiary alicyclic amines) is 1. The first-order chi connectivity index (χ1) is 14.8. The highest BCUT2D eigenvalue weighted by Crippen LogP contribution is 2.46. The lowest BCUT2D eigenvalue weighted by atomic mass is 10.1. The molecule has 1 aliphatic rings. The molecule has 176 valence electrons. The number of aromatic nitrogens is 1. The van der Waals surface area contributed by atoms with E-state index >= 15 is 0 Å². The molecule has 0 unspecified atom stereocenters. The second kappa shape index (κ2) is 8.93. The molecule has 0 spiro atoms. The third-order valence-electron chi connectivity index (χ3n) is 4.74. The number of thiophene rings is 1. The van der Waals surface area contributed by atoms with Gasteiger partial charge in [0.05, 0.1) is 21.3 Å². The van der Waals surface area contributed by atoms with Gasteiger partial charge in [0.15, 0.2) is 0 Å². The summed E-state index contributed by atoms with van der Waals surface area (Å²) in [6.07, 6.45) is -4.99. The van der Waals surface area contributed by atoms with E-state index in [2.05, 4.69) is 10.3 Å². The first-order valence-electron chi connectivity index (χ1n) is 9.86. The van der Waals surface area contributed by atoms with Crippen LogP contribution in [-0.4, -0.2) is 53.7 Å². The summed E-state index contributed by atoms with van der Waals surface area (Å²) >= 11 is 6.83. The van der Waals surface area contributed by atoms with Crippen LogP contribution in [0.4, 0.5) is 18.0 Å². The van der Waals surface area contributed by atoms with Crippen LogP contribution >= 0.6 is 22.9 Å². The zero-order chi connectivity index (χ0) is 23.8. The molecule has 1 fully saturated rings. The third kappa shape index (κ3) is 5.20. The first-order valence-corrected chi connectivity index (χ1v) is 11.1. The van der Waals surface area contributed by atoms with E-state index in [9.17, 15) is 22.8 Å². The minimum atomic E-state index is -4.76. The number of nitrogens with one attached hydrogen (secondary N) is 1. The number of halogens is 4. The van der Waals surface area contributed by atoms with Gasteiger partial charge in [0, 0.05) is 38.4 Å². The summed E-state index contributed by atoms with van der Waals surface area (Å²) in [5, 5.41) is 3.05. The van der Waals surface area contributed by atoms with Crippen LogP contribution in [0.2, 0.25) is 5.02 Å². The SMILES string of the molecule is CNC(=O)c1csc2c(C(F)(F)F)c(Cl)c(OC3CCN(C(=O)OC(C)(C)C)CC3)nc12. The molecule has 1 aliphatic heterocycles. The highest BCUT2D eigenvalue weighted by molar-refractivity contribution is 7.17. The monoisotopic (exact) mass is 493 g/mol. The molecular weight excluding hydrogens is 471 g/mol. The largest absolute Gasteiger partial charge is 0.473 e. The molecule has 32 heavy (non-hydrogen) atoms. The Kier molecular flexibility index (Phi) is 6.80. The maximum Gasteiger partial charge on any atom is 0.419 e. The molecule has 1 N–H and O–H groups in total. The highest BCUT2D eigenvalue weighted by atomic mass is 35.5. The van der Waals surface area contributed by atoms with Gasteiger partial charge in [-0.25, -0.2) is 9.78 Å². The number of carbonyl (C=O) groups excluding carboxylic acids is 2. The fourth-order valence-electron chi connectivity index (χ4n) is 3.26. The Bertz CT molecular complexity index is 1030. The fourth-order valence-corrected chi connectivity index (χ4v) is 4.67. The van der Waals surface area contributed by atoms with E-state index in [0.717, 1.165) is 11.3 Å². The van der Waals surface area contributed by atoms with Crippen molar-refractivity contribution in [1.29, 1.82) is 0 Å². The lowest BCUT2D eigenvalue weighted by Crippen LogP contribution is -2.44. The maximum atomic E-state index is 13.8. The van der Waals surface area contributed by atoms with Crippen LogP contribution in [0, 0.1) is 0 Å². The average Bonchev–Trinajstić information content (AvgIpc) is 3.09. The topological polar surface area (TPSA) is 80.8 Å². The highest BCUT2D eigenvalue weighted by Gasteiger charge is 2.39. The number of ether oxygens (including phenoxy) is 2. The van der Waals surface area contributed by atoms with E-state index in [1.165, 1.54) is 17.3 Å². The third-order valence-corrected chi connectivity index (χ3v) is 6.08. The van der Waals surface area contributed by atoms with Crippen molar-refractivity contribution in [2.45, 2.75) is 51.5 Å². The number of carbonyl (C=O) groups is 2. The summed E-state index contributed by atoms with van der Waals surface area (Å²) in [5.41, 5.74) is -1.81. The molecule has 2 amide bonds. The van der Waals surface area contributed by atoms with Crippen molar-refractivity contribution in [3.8, 4) is 5.88 Å². The number of nitrogens with zero attached hydrogens (tertiary/aromatic N) is 2. The second-order valence-electron chi connectivity index (χ2n) is 8.29. The molecule has 1 saturated heterocycles. The lowest BCUT2D eigenvalue weighted by Gasteiger charge is -2.33. The maximum absolute atomic E-state index is 13.8. The molecule has 0 aromatic carbocycles. The van der Waals surface area contributed by atoms with Crippen LogP contribution in [-0.2, 0) is 10.9 Å². The number of piperidine rings is 1. The average molecular weight is 494 g/mol. The van der Waals surface area contributed by atoms with Crippen molar-refractivity contribution in [3.63, 3.8) is 0 Å². The van der Waals surface area contributed by atoms with Crippen molar-refractivity contribution < 1.29 is 32.2 Å². The minimum absolute atomic E-state index is 0.0132. The predicted octanol–water partition coefficient (Wildman–Crippen LogP) is 5.11. The van der Waals surface area contributed by atoms with Crippen LogP contribution in [0.5, 0.6) is 5.88 Å². The molecule has 2 aromatic heterocycles. The standard InChI is InChI=1S/C20H23ClF3N3O4S/c1-19(2,3)31-18(29)27-7-5-10(6-8-27)30-17-13(21)12(20(22,23)24)15-14(26-17)11(9-32-15)16(28)25-4/h9-10H,5-8H2,1-4H3,(H,25,28). The molecule has 12 heteroatoms. The van der Waals surface area contributed by atoms with E-state index in [1.54, 1.807) is 20.8 Å². The second-order valence-corrected chi connectivity index (χ2v) is 9.55. The van der Waals surface area contributed by atoms with Gasteiger partial charge >= 0.3 is 12.3 Å². The van der Waals surface area contributed by atoms with E-state index in [-0.39, 0.29) is 21.7 Å². The molecule has 2 aromatic rings. The van der Waals surface area contributed by atoms with Gasteiger partial charge in [-0.2, -0.15) is 13.2 Å². The van der Waals surface area contributed by atoms with E-state index in [4.69, 9.17) is 21.1 Å². The van der Waals surface area contributed by atoms with Crippen molar-refractivity contribution in [2.24, 2.45) is 0 Å². The summed E-state index contributed by atoms with van der Waals surface area (Å²) in [4.78, 5) is 30.0. The Hall–Kier alpha value is -2.27. The summed E-state index contributed by atoms with van der Waals surface area (Å²) in [7, 11) is 1.38. The van der Waals surface area contributed by atoms with Gasteiger partial charge in [0.2, 0.25) is 5.88 Å². The number of pyridine rings is 1. The van der Waals surface area contributed by atoms with Crippen LogP contribution in [0.25, 0.3) is 10.2 Å². The molecule has 0 saturated carbocycles. The molecule has 0 aliphatic carbocycles. The van der Waals surface area contributed by atoms with Gasteiger partial charge in [-0.3, -0.25) is 4.79 Å². The quantitative estimate of drug-likeness (QED) is 0.643. The number of rotatable bonds is 3. The minimum Gasteiger partial charge on any atom is -0.473 e. The van der Waals surface area contributed by atoms with Gasteiger partial charge in [-0.05, 0) is 20.8 Å². The predicted molar refractivity (Wildman–Crippen MR) is 114 cm³/mol. The molecule has 0 bridgehead atoms.